The lowest BCUT2D eigenvalue weighted by molar-refractivity contribution is 0.0699. The van der Waals surface area contributed by atoms with Gasteiger partial charge in [-0.3, -0.25) is 9.59 Å². The first kappa shape index (κ1) is 15.9. The van der Waals surface area contributed by atoms with E-state index in [0.29, 0.717) is 6.54 Å². The van der Waals surface area contributed by atoms with Gasteiger partial charge in [-0.05, 0) is 19.4 Å². The van der Waals surface area contributed by atoms with E-state index in [2.05, 4.69) is 29.2 Å². The zero-order valence-corrected chi connectivity index (χ0v) is 14.2. The number of aromatic nitrogens is 1. The summed E-state index contributed by atoms with van der Waals surface area (Å²) in [6.45, 7) is 4.52. The predicted octanol–water partition coefficient (Wildman–Crippen LogP) is 2.92. The summed E-state index contributed by atoms with van der Waals surface area (Å²) in [5, 5.41) is 0. The number of carbonyl (C=O) groups excluding carboxylic acids is 1. The van der Waals surface area contributed by atoms with Gasteiger partial charge in [-0.25, -0.2) is 0 Å². The van der Waals surface area contributed by atoms with Crippen LogP contribution in [-0.4, -0.2) is 33.8 Å². The van der Waals surface area contributed by atoms with Gasteiger partial charge in [0, 0.05) is 36.0 Å². The molecular weight excluding hydrogens is 308 g/mol. The van der Waals surface area contributed by atoms with Crippen LogP contribution in [0.5, 0.6) is 0 Å². The fourth-order valence-corrected chi connectivity index (χ4v) is 3.89. The molecule has 1 aromatic heterocycles. The monoisotopic (exact) mass is 328 g/mol. The molecule has 23 heavy (non-hydrogen) atoms. The lowest BCUT2D eigenvalue weighted by Crippen LogP contribution is -2.42. The van der Waals surface area contributed by atoms with Crippen LogP contribution < -0.4 is 5.43 Å². The summed E-state index contributed by atoms with van der Waals surface area (Å²) in [6, 6.07) is 9.78. The predicted molar refractivity (Wildman–Crippen MR) is 94.1 cm³/mol. The van der Waals surface area contributed by atoms with Crippen molar-refractivity contribution in [1.82, 2.24) is 9.88 Å². The third-order valence-corrected chi connectivity index (χ3v) is 5.16. The average molecular weight is 328 g/mol. The number of pyridine rings is 1. The van der Waals surface area contributed by atoms with E-state index >= 15 is 0 Å². The van der Waals surface area contributed by atoms with Gasteiger partial charge in [-0.1, -0.05) is 29.8 Å². The minimum atomic E-state index is -0.216. The Morgan fingerprint density at radius 3 is 2.70 bits per heavy atom. The molecule has 3 rings (SSSR count). The second-order valence-electron chi connectivity index (χ2n) is 5.89. The van der Waals surface area contributed by atoms with Gasteiger partial charge in [-0.15, -0.1) is 0 Å². The van der Waals surface area contributed by atoms with E-state index < -0.39 is 0 Å². The second-order valence-corrected chi connectivity index (χ2v) is 7.04. The molecule has 0 bridgehead atoms. The van der Waals surface area contributed by atoms with Crippen LogP contribution >= 0.6 is 11.8 Å². The maximum atomic E-state index is 12.9. The van der Waals surface area contributed by atoms with Crippen molar-refractivity contribution in [2.45, 2.75) is 19.9 Å². The normalized spacial score (nSPS) is 18.0. The highest BCUT2D eigenvalue weighted by Crippen LogP contribution is 2.30. The summed E-state index contributed by atoms with van der Waals surface area (Å²) in [5.41, 5.74) is 3.09. The SMILES string of the molecule is Cc1ccc([C@@H]2CSCCN2C(=O)c2c[nH]c(C)cc2=O)cc1. The van der Waals surface area contributed by atoms with Gasteiger partial charge in [0.15, 0.2) is 5.43 Å². The first-order valence-corrected chi connectivity index (χ1v) is 8.86. The molecule has 5 heteroatoms. The minimum Gasteiger partial charge on any atom is -0.364 e. The molecule has 0 aliphatic carbocycles. The Kier molecular flexibility index (Phi) is 4.57. The van der Waals surface area contributed by atoms with Crippen LogP contribution in [0.1, 0.15) is 33.2 Å². The topological polar surface area (TPSA) is 53.2 Å². The molecule has 0 radical (unpaired) electrons. The van der Waals surface area contributed by atoms with E-state index in [1.807, 2.05) is 30.5 Å². The number of aromatic amines is 1. The quantitative estimate of drug-likeness (QED) is 0.922. The highest BCUT2D eigenvalue weighted by Gasteiger charge is 2.30. The number of H-pyrrole nitrogens is 1. The van der Waals surface area contributed by atoms with Gasteiger partial charge in [0.05, 0.1) is 6.04 Å². The van der Waals surface area contributed by atoms with E-state index in [-0.39, 0.29) is 22.9 Å². The molecule has 1 atom stereocenters. The average Bonchev–Trinajstić information content (AvgIpc) is 2.55. The third kappa shape index (κ3) is 3.34. The zero-order valence-electron chi connectivity index (χ0n) is 13.3. The Balaban J connectivity index is 1.93. The summed E-state index contributed by atoms with van der Waals surface area (Å²) >= 11 is 1.85. The first-order chi connectivity index (χ1) is 11.1. The highest BCUT2D eigenvalue weighted by atomic mass is 32.2. The van der Waals surface area contributed by atoms with Crippen molar-refractivity contribution < 1.29 is 4.79 Å². The molecule has 0 unspecified atom stereocenters. The van der Waals surface area contributed by atoms with Crippen LogP contribution in [-0.2, 0) is 0 Å². The third-order valence-electron chi connectivity index (χ3n) is 4.14. The van der Waals surface area contributed by atoms with E-state index in [4.69, 9.17) is 0 Å². The van der Waals surface area contributed by atoms with Gasteiger partial charge in [0.25, 0.3) is 5.91 Å². The molecule has 2 heterocycles. The number of aryl methyl sites for hydroxylation is 2. The van der Waals surface area contributed by atoms with E-state index in [1.165, 1.54) is 17.8 Å². The summed E-state index contributed by atoms with van der Waals surface area (Å²) in [7, 11) is 0. The van der Waals surface area contributed by atoms with Crippen LogP contribution in [0.3, 0.4) is 0 Å². The van der Waals surface area contributed by atoms with Crippen molar-refractivity contribution in [2.75, 3.05) is 18.1 Å². The number of nitrogens with zero attached hydrogens (tertiary/aromatic N) is 1. The number of thioether (sulfide) groups is 1. The summed E-state index contributed by atoms with van der Waals surface area (Å²) in [4.78, 5) is 29.8. The van der Waals surface area contributed by atoms with Crippen molar-refractivity contribution in [3.63, 3.8) is 0 Å². The van der Waals surface area contributed by atoms with Crippen LogP contribution in [0.2, 0.25) is 0 Å². The maximum absolute atomic E-state index is 12.9. The number of carbonyl (C=O) groups is 1. The van der Waals surface area contributed by atoms with Crippen LogP contribution in [0.15, 0.2) is 41.3 Å². The standard InChI is InChI=1S/C18H20N2O2S/c1-12-3-5-14(6-4-12)16-11-23-8-7-20(16)18(22)15-10-19-13(2)9-17(15)21/h3-6,9-10,16H,7-8,11H2,1-2H3,(H,19,21)/t16-/m0/s1. The van der Waals surface area contributed by atoms with Gasteiger partial charge >= 0.3 is 0 Å². The number of hydrogen-bond donors (Lipinski definition) is 1. The van der Waals surface area contributed by atoms with E-state index in [9.17, 15) is 9.59 Å². The number of amides is 1. The molecule has 1 aliphatic heterocycles. The maximum Gasteiger partial charge on any atom is 0.259 e. The lowest BCUT2D eigenvalue weighted by atomic mass is 10.0. The van der Waals surface area contributed by atoms with E-state index in [0.717, 1.165) is 22.8 Å². The smallest absolute Gasteiger partial charge is 0.259 e. The zero-order chi connectivity index (χ0) is 16.4. The molecule has 0 spiro atoms. The molecule has 2 aromatic rings. The van der Waals surface area contributed by atoms with Gasteiger partial charge in [0.1, 0.15) is 5.56 Å². The number of rotatable bonds is 2. The Labute approximate surface area is 139 Å². The fourth-order valence-electron chi connectivity index (χ4n) is 2.81. The van der Waals surface area contributed by atoms with Crippen molar-refractivity contribution >= 4 is 17.7 Å². The molecule has 4 nitrogen and oxygen atoms in total. The number of benzene rings is 1. The molecule has 0 saturated carbocycles. The molecule has 1 aromatic carbocycles. The van der Waals surface area contributed by atoms with Crippen LogP contribution in [0, 0.1) is 13.8 Å². The lowest BCUT2D eigenvalue weighted by Gasteiger charge is -2.35. The Morgan fingerprint density at radius 1 is 1.26 bits per heavy atom. The second kappa shape index (κ2) is 6.62. The minimum absolute atomic E-state index is 0.0163. The van der Waals surface area contributed by atoms with Crippen molar-refractivity contribution in [3.05, 3.63) is 69.1 Å². The van der Waals surface area contributed by atoms with Crippen LogP contribution in [0.25, 0.3) is 0 Å². The van der Waals surface area contributed by atoms with Gasteiger partial charge in [-0.2, -0.15) is 11.8 Å². The largest absolute Gasteiger partial charge is 0.364 e. The highest BCUT2D eigenvalue weighted by molar-refractivity contribution is 7.99. The molecule has 1 fully saturated rings. The summed E-state index contributed by atoms with van der Waals surface area (Å²) in [5.74, 6) is 1.58. The Bertz CT molecular complexity index is 767. The molecule has 1 saturated heterocycles. The Hall–Kier alpha value is -2.01. The van der Waals surface area contributed by atoms with Crippen molar-refractivity contribution in [1.29, 1.82) is 0 Å². The fraction of sp³-hybridized carbons (Fsp3) is 0.333. The first-order valence-electron chi connectivity index (χ1n) is 7.71. The molecule has 1 aliphatic rings. The van der Waals surface area contributed by atoms with Gasteiger partial charge in [0.2, 0.25) is 0 Å². The number of hydrogen-bond acceptors (Lipinski definition) is 3. The van der Waals surface area contributed by atoms with Crippen molar-refractivity contribution in [2.24, 2.45) is 0 Å². The molecule has 1 N–H and O–H groups in total. The van der Waals surface area contributed by atoms with E-state index in [1.54, 1.807) is 0 Å². The Morgan fingerprint density at radius 2 is 2.00 bits per heavy atom. The summed E-state index contributed by atoms with van der Waals surface area (Å²) < 4.78 is 0. The summed E-state index contributed by atoms with van der Waals surface area (Å²) in [6.07, 6.45) is 1.54. The molecule has 120 valence electrons. The van der Waals surface area contributed by atoms with Crippen LogP contribution in [0.4, 0.5) is 0 Å². The molecular formula is C18H20N2O2S. The number of nitrogens with one attached hydrogen (secondary N) is 1. The van der Waals surface area contributed by atoms with Gasteiger partial charge < -0.3 is 9.88 Å². The molecule has 1 amide bonds. The van der Waals surface area contributed by atoms with Crippen molar-refractivity contribution in [3.8, 4) is 0 Å².